The molecule has 1 N–H and O–H groups in total. The first kappa shape index (κ1) is 13.9. The van der Waals surface area contributed by atoms with Gasteiger partial charge in [0.1, 0.15) is 5.41 Å². The number of carbonyl (C=O) groups is 1. The van der Waals surface area contributed by atoms with E-state index in [-0.39, 0.29) is 16.4 Å². The molecule has 1 aromatic rings. The molecular formula is C11H10ClN3O3. The van der Waals surface area contributed by atoms with Crippen molar-refractivity contribution < 1.29 is 9.72 Å². The molecule has 0 unspecified atom stereocenters. The molecule has 94 valence electrons. The molecule has 1 aromatic carbocycles. The molecule has 0 heterocycles. The molecule has 0 spiro atoms. The van der Waals surface area contributed by atoms with Gasteiger partial charge in [0, 0.05) is 12.1 Å². The second kappa shape index (κ2) is 5.02. The number of anilines is 1. The summed E-state index contributed by atoms with van der Waals surface area (Å²) in [5.74, 6) is -0.576. The number of nitro benzene ring substituents is 1. The minimum Gasteiger partial charge on any atom is -0.323 e. The fourth-order valence-electron chi connectivity index (χ4n) is 1.05. The molecule has 0 bridgehead atoms. The van der Waals surface area contributed by atoms with Crippen LogP contribution in [0.25, 0.3) is 0 Å². The van der Waals surface area contributed by atoms with Crippen LogP contribution in [0.2, 0.25) is 5.02 Å². The molecule has 7 heteroatoms. The maximum atomic E-state index is 11.7. The maximum Gasteiger partial charge on any atom is 0.271 e. The molecule has 6 nitrogen and oxygen atoms in total. The number of non-ortho nitro benzene ring substituents is 1. The molecule has 1 rings (SSSR count). The molecular weight excluding hydrogens is 258 g/mol. The summed E-state index contributed by atoms with van der Waals surface area (Å²) in [5, 5.41) is 22.0. The first-order chi connectivity index (χ1) is 8.27. The highest BCUT2D eigenvalue weighted by Gasteiger charge is 2.28. The number of nitrogens with one attached hydrogen (secondary N) is 1. The van der Waals surface area contributed by atoms with E-state index in [0.29, 0.717) is 0 Å². The van der Waals surface area contributed by atoms with Gasteiger partial charge in [0.2, 0.25) is 5.91 Å². The second-order valence-corrected chi connectivity index (χ2v) is 4.52. The summed E-state index contributed by atoms with van der Waals surface area (Å²) >= 11 is 5.82. The largest absolute Gasteiger partial charge is 0.323 e. The number of carbonyl (C=O) groups excluding carboxylic acids is 1. The van der Waals surface area contributed by atoms with Gasteiger partial charge in [-0.2, -0.15) is 5.26 Å². The summed E-state index contributed by atoms with van der Waals surface area (Å²) in [6, 6.07) is 5.52. The summed E-state index contributed by atoms with van der Waals surface area (Å²) in [7, 11) is 0. The van der Waals surface area contributed by atoms with Crippen molar-refractivity contribution in [3.63, 3.8) is 0 Å². The number of nitriles is 1. The third-order valence-electron chi connectivity index (χ3n) is 2.26. The Morgan fingerprint density at radius 1 is 1.56 bits per heavy atom. The Hall–Kier alpha value is -2.13. The predicted octanol–water partition coefficient (Wildman–Crippen LogP) is 2.74. The first-order valence-electron chi connectivity index (χ1n) is 4.94. The van der Waals surface area contributed by atoms with E-state index in [4.69, 9.17) is 16.9 Å². The smallest absolute Gasteiger partial charge is 0.271 e. The van der Waals surface area contributed by atoms with E-state index in [2.05, 4.69) is 5.32 Å². The van der Waals surface area contributed by atoms with Crippen LogP contribution in [0.15, 0.2) is 18.2 Å². The summed E-state index contributed by atoms with van der Waals surface area (Å²) < 4.78 is 0. The summed E-state index contributed by atoms with van der Waals surface area (Å²) in [6.45, 7) is 2.88. The molecule has 1 amide bonds. The van der Waals surface area contributed by atoms with Crippen molar-refractivity contribution in [1.29, 1.82) is 5.26 Å². The Morgan fingerprint density at radius 3 is 2.67 bits per heavy atom. The second-order valence-electron chi connectivity index (χ2n) is 4.11. The number of nitrogens with zero attached hydrogens (tertiary/aromatic N) is 2. The number of benzene rings is 1. The Balaban J connectivity index is 3.05. The fourth-order valence-corrected chi connectivity index (χ4v) is 1.22. The number of hydrogen-bond donors (Lipinski definition) is 1. The lowest BCUT2D eigenvalue weighted by atomic mass is 9.94. The van der Waals surface area contributed by atoms with E-state index in [1.165, 1.54) is 26.0 Å². The Bertz CT molecular complexity index is 549. The molecule has 0 aliphatic carbocycles. The van der Waals surface area contributed by atoms with Gasteiger partial charge in [-0.25, -0.2) is 0 Å². The minimum absolute atomic E-state index is 0.110. The van der Waals surface area contributed by atoms with Crippen molar-refractivity contribution in [2.24, 2.45) is 5.41 Å². The van der Waals surface area contributed by atoms with Gasteiger partial charge in [-0.1, -0.05) is 11.6 Å². The van der Waals surface area contributed by atoms with Crippen molar-refractivity contribution >= 4 is 28.9 Å². The van der Waals surface area contributed by atoms with Crippen LogP contribution in [0.5, 0.6) is 0 Å². The molecule has 0 aromatic heterocycles. The van der Waals surface area contributed by atoms with Gasteiger partial charge in [0.25, 0.3) is 5.69 Å². The van der Waals surface area contributed by atoms with E-state index in [9.17, 15) is 14.9 Å². The van der Waals surface area contributed by atoms with Gasteiger partial charge in [0.15, 0.2) is 0 Å². The van der Waals surface area contributed by atoms with E-state index in [0.717, 1.165) is 6.07 Å². The van der Waals surface area contributed by atoms with Crippen LogP contribution >= 0.6 is 11.6 Å². The number of rotatable bonds is 3. The lowest BCUT2D eigenvalue weighted by Crippen LogP contribution is -2.29. The monoisotopic (exact) mass is 267 g/mol. The fraction of sp³-hybridized carbons (Fsp3) is 0.273. The molecule has 0 atom stereocenters. The van der Waals surface area contributed by atoms with E-state index < -0.39 is 16.2 Å². The van der Waals surface area contributed by atoms with Gasteiger partial charge >= 0.3 is 0 Å². The zero-order chi connectivity index (χ0) is 13.9. The zero-order valence-electron chi connectivity index (χ0n) is 9.73. The van der Waals surface area contributed by atoms with Crippen molar-refractivity contribution in [3.05, 3.63) is 33.3 Å². The SMILES string of the molecule is CC(C)(C#N)C(=O)Nc1cc([N+](=O)[O-])ccc1Cl. The normalized spacial score (nSPS) is 10.6. The highest BCUT2D eigenvalue weighted by molar-refractivity contribution is 6.33. The van der Waals surface area contributed by atoms with Crippen LogP contribution in [-0.2, 0) is 4.79 Å². The number of halogens is 1. The van der Waals surface area contributed by atoms with Crippen LogP contribution in [-0.4, -0.2) is 10.8 Å². The third kappa shape index (κ3) is 2.96. The van der Waals surface area contributed by atoms with Crippen LogP contribution < -0.4 is 5.32 Å². The topological polar surface area (TPSA) is 96.0 Å². The average Bonchev–Trinajstić information content (AvgIpc) is 2.31. The van der Waals surface area contributed by atoms with E-state index >= 15 is 0 Å². The van der Waals surface area contributed by atoms with Gasteiger partial charge < -0.3 is 5.32 Å². The van der Waals surface area contributed by atoms with Gasteiger partial charge in [-0.3, -0.25) is 14.9 Å². The lowest BCUT2D eigenvalue weighted by molar-refractivity contribution is -0.384. The van der Waals surface area contributed by atoms with Crippen molar-refractivity contribution in [1.82, 2.24) is 0 Å². The quantitative estimate of drug-likeness (QED) is 0.672. The average molecular weight is 268 g/mol. The van der Waals surface area contributed by atoms with Crippen molar-refractivity contribution in [2.45, 2.75) is 13.8 Å². The van der Waals surface area contributed by atoms with Crippen molar-refractivity contribution in [3.8, 4) is 6.07 Å². The van der Waals surface area contributed by atoms with Gasteiger partial charge in [0.05, 0.1) is 21.7 Å². The molecule has 0 saturated carbocycles. The van der Waals surface area contributed by atoms with Crippen LogP contribution in [0, 0.1) is 26.9 Å². The van der Waals surface area contributed by atoms with E-state index in [1.807, 2.05) is 6.07 Å². The summed E-state index contributed by atoms with van der Waals surface area (Å²) in [6.07, 6.45) is 0. The van der Waals surface area contributed by atoms with Gasteiger partial charge in [-0.15, -0.1) is 0 Å². The zero-order valence-corrected chi connectivity index (χ0v) is 10.5. The molecule has 0 aliphatic rings. The molecule has 0 fully saturated rings. The molecule has 18 heavy (non-hydrogen) atoms. The number of amides is 1. The van der Waals surface area contributed by atoms with Crippen LogP contribution in [0.4, 0.5) is 11.4 Å². The minimum atomic E-state index is -1.24. The van der Waals surface area contributed by atoms with Crippen LogP contribution in [0.3, 0.4) is 0 Å². The standard InChI is InChI=1S/C11H10ClN3O3/c1-11(2,6-13)10(16)14-9-5-7(15(17)18)3-4-8(9)12/h3-5H,1-2H3,(H,14,16). The lowest BCUT2D eigenvalue weighted by Gasteiger charge is -2.15. The first-order valence-corrected chi connectivity index (χ1v) is 5.32. The Kier molecular flexibility index (Phi) is 3.89. The highest BCUT2D eigenvalue weighted by Crippen LogP contribution is 2.28. The molecule has 0 aliphatic heterocycles. The summed E-state index contributed by atoms with van der Waals surface area (Å²) in [4.78, 5) is 21.7. The van der Waals surface area contributed by atoms with Crippen LogP contribution in [0.1, 0.15) is 13.8 Å². The van der Waals surface area contributed by atoms with Gasteiger partial charge in [-0.05, 0) is 19.9 Å². The Labute approximate surface area is 108 Å². The van der Waals surface area contributed by atoms with E-state index in [1.54, 1.807) is 0 Å². The maximum absolute atomic E-state index is 11.7. The molecule has 0 saturated heterocycles. The summed E-state index contributed by atoms with van der Waals surface area (Å²) in [5.41, 5.74) is -1.32. The highest BCUT2D eigenvalue weighted by atomic mass is 35.5. The third-order valence-corrected chi connectivity index (χ3v) is 2.59. The predicted molar refractivity (Wildman–Crippen MR) is 66.1 cm³/mol. The Morgan fingerprint density at radius 2 is 2.17 bits per heavy atom. The molecule has 0 radical (unpaired) electrons. The number of hydrogen-bond acceptors (Lipinski definition) is 4. The number of nitro groups is 1. The van der Waals surface area contributed by atoms with Crippen molar-refractivity contribution in [2.75, 3.05) is 5.32 Å².